The van der Waals surface area contributed by atoms with E-state index in [9.17, 15) is 27.6 Å². The van der Waals surface area contributed by atoms with E-state index in [0.29, 0.717) is 12.8 Å². The number of carbonyl (C=O) groups excluding carboxylic acids is 4. The van der Waals surface area contributed by atoms with E-state index in [0.717, 1.165) is 9.21 Å². The molecule has 3 rings (SSSR count). The molecule has 0 saturated carbocycles. The second-order valence-electron chi connectivity index (χ2n) is 8.26. The highest BCUT2D eigenvalue weighted by Crippen LogP contribution is 2.36. The summed E-state index contributed by atoms with van der Waals surface area (Å²) < 4.78 is 30.8. The third kappa shape index (κ3) is 4.83. The lowest BCUT2D eigenvalue weighted by molar-refractivity contribution is -0.163. The fourth-order valence-electron chi connectivity index (χ4n) is 3.83. The lowest BCUT2D eigenvalue weighted by Gasteiger charge is -2.23. The van der Waals surface area contributed by atoms with Crippen LogP contribution in [0.3, 0.4) is 0 Å². The van der Waals surface area contributed by atoms with Crippen LogP contribution in [0.25, 0.3) is 0 Å². The lowest BCUT2D eigenvalue weighted by atomic mass is 9.85. The number of benzene rings is 1. The van der Waals surface area contributed by atoms with Gasteiger partial charge in [-0.15, -0.1) is 0 Å². The maximum atomic E-state index is 12.6. The molecular weight excluding hydrogens is 450 g/mol. The van der Waals surface area contributed by atoms with E-state index in [1.54, 1.807) is 0 Å². The number of esters is 1. The summed E-state index contributed by atoms with van der Waals surface area (Å²) in [4.78, 5) is 51.3. The van der Waals surface area contributed by atoms with Gasteiger partial charge in [0.05, 0.1) is 16.7 Å². The fourth-order valence-corrected chi connectivity index (χ4v) is 4.78. The maximum absolute atomic E-state index is 12.6. The number of allylic oxidation sites excluding steroid dienone is 2. The van der Waals surface area contributed by atoms with Gasteiger partial charge in [0.1, 0.15) is 6.04 Å². The van der Waals surface area contributed by atoms with Crippen molar-refractivity contribution in [2.45, 2.75) is 43.7 Å². The normalized spacial score (nSPS) is 22.2. The van der Waals surface area contributed by atoms with Gasteiger partial charge in [-0.2, -0.15) is 0 Å². The molecule has 1 aliphatic carbocycles. The summed E-state index contributed by atoms with van der Waals surface area (Å²) in [5, 5.41) is 2.51. The molecule has 3 amide bonds. The quantitative estimate of drug-likeness (QED) is 0.354. The van der Waals surface area contributed by atoms with Crippen LogP contribution >= 0.6 is 0 Å². The van der Waals surface area contributed by atoms with Crippen LogP contribution < -0.4 is 5.32 Å². The van der Waals surface area contributed by atoms with Crippen molar-refractivity contribution in [3.63, 3.8) is 0 Å². The van der Waals surface area contributed by atoms with Gasteiger partial charge in [-0.25, -0.2) is 17.5 Å². The summed E-state index contributed by atoms with van der Waals surface area (Å²) in [5.41, 5.74) is 0.209. The van der Waals surface area contributed by atoms with E-state index < -0.39 is 57.7 Å². The number of rotatable bonds is 7. The topological polar surface area (TPSA) is 130 Å². The molecule has 1 heterocycles. The van der Waals surface area contributed by atoms with Crippen molar-refractivity contribution in [1.82, 2.24) is 9.21 Å². The molecule has 1 fully saturated rings. The molecule has 0 bridgehead atoms. The molecule has 0 unspecified atom stereocenters. The highest BCUT2D eigenvalue weighted by atomic mass is 32.2. The molecule has 10 nitrogen and oxygen atoms in total. The molecule has 1 saturated heterocycles. The van der Waals surface area contributed by atoms with Gasteiger partial charge in [0.15, 0.2) is 6.10 Å². The first-order valence-corrected chi connectivity index (χ1v) is 11.9. The highest BCUT2D eigenvalue weighted by molar-refractivity contribution is 7.89. The molecule has 178 valence electrons. The molecule has 0 spiro atoms. The second kappa shape index (κ2) is 9.44. The number of nitrogens with one attached hydrogen (secondary N) is 1. The number of carbonyl (C=O) groups is 4. The van der Waals surface area contributed by atoms with Crippen molar-refractivity contribution >= 4 is 39.4 Å². The first-order valence-electron chi connectivity index (χ1n) is 10.5. The minimum atomic E-state index is -3.69. The number of anilines is 1. The number of fused-ring (bicyclic) bond motifs is 1. The van der Waals surface area contributed by atoms with Crippen molar-refractivity contribution in [3.8, 4) is 0 Å². The molecule has 1 aliphatic heterocycles. The van der Waals surface area contributed by atoms with E-state index in [1.165, 1.54) is 52.2 Å². The summed E-state index contributed by atoms with van der Waals surface area (Å²) in [7, 11) is -0.905. The third-order valence-corrected chi connectivity index (χ3v) is 7.62. The lowest BCUT2D eigenvalue weighted by Crippen LogP contribution is -2.46. The predicted molar refractivity (Wildman–Crippen MR) is 118 cm³/mol. The van der Waals surface area contributed by atoms with Crippen LogP contribution in [0.15, 0.2) is 41.3 Å². The third-order valence-electron chi connectivity index (χ3n) is 5.81. The predicted octanol–water partition coefficient (Wildman–Crippen LogP) is 1.15. The molecule has 33 heavy (non-hydrogen) atoms. The molecule has 0 aromatic heterocycles. The number of likely N-dealkylation sites (tertiary alicyclic amines) is 1. The Hall–Kier alpha value is -3.05. The van der Waals surface area contributed by atoms with E-state index in [4.69, 9.17) is 4.74 Å². The number of hydrogen-bond donors (Lipinski definition) is 1. The molecule has 1 aromatic rings. The SMILES string of the molecule is C[C@H](OC(=O)[C@H](C)N1C(=O)[C@H]2CC=CC[C@H]2C1=O)C(=O)Nc1cccc(S(=O)(=O)N(C)C)c1. The second-order valence-corrected chi connectivity index (χ2v) is 10.4. The molecular formula is C22H27N3O7S. The van der Waals surface area contributed by atoms with Gasteiger partial charge >= 0.3 is 5.97 Å². The van der Waals surface area contributed by atoms with Crippen LogP contribution in [0.4, 0.5) is 5.69 Å². The van der Waals surface area contributed by atoms with Crippen molar-refractivity contribution in [3.05, 3.63) is 36.4 Å². The zero-order valence-corrected chi connectivity index (χ0v) is 19.7. The summed E-state index contributed by atoms with van der Waals surface area (Å²) in [6.07, 6.45) is 3.36. The smallest absolute Gasteiger partial charge is 0.329 e. The average Bonchev–Trinajstić information content (AvgIpc) is 3.03. The summed E-state index contributed by atoms with van der Waals surface area (Å²) in [6.45, 7) is 2.74. The molecule has 1 aromatic carbocycles. The van der Waals surface area contributed by atoms with Crippen molar-refractivity contribution < 1.29 is 32.3 Å². The number of ether oxygens (including phenoxy) is 1. The van der Waals surface area contributed by atoms with E-state index in [1.807, 2.05) is 12.2 Å². The Morgan fingerprint density at radius 2 is 1.67 bits per heavy atom. The van der Waals surface area contributed by atoms with Crippen LogP contribution in [0.2, 0.25) is 0 Å². The van der Waals surface area contributed by atoms with Gasteiger partial charge < -0.3 is 10.1 Å². The van der Waals surface area contributed by atoms with Gasteiger partial charge in [-0.1, -0.05) is 18.2 Å². The van der Waals surface area contributed by atoms with E-state index in [-0.39, 0.29) is 10.6 Å². The van der Waals surface area contributed by atoms with Crippen LogP contribution in [0.5, 0.6) is 0 Å². The molecule has 2 aliphatic rings. The van der Waals surface area contributed by atoms with Gasteiger partial charge in [0, 0.05) is 19.8 Å². The van der Waals surface area contributed by atoms with Crippen molar-refractivity contribution in [2.75, 3.05) is 19.4 Å². The van der Waals surface area contributed by atoms with Crippen molar-refractivity contribution in [2.24, 2.45) is 11.8 Å². The minimum absolute atomic E-state index is 0.00872. The number of hydrogen-bond acceptors (Lipinski definition) is 7. The van der Waals surface area contributed by atoms with E-state index >= 15 is 0 Å². The summed E-state index contributed by atoms with van der Waals surface area (Å²) in [6, 6.07) is 4.50. The molecule has 0 radical (unpaired) electrons. The van der Waals surface area contributed by atoms with Gasteiger partial charge in [-0.3, -0.25) is 19.3 Å². The Morgan fingerprint density at radius 3 is 2.21 bits per heavy atom. The summed E-state index contributed by atoms with van der Waals surface area (Å²) in [5.74, 6) is -3.32. The van der Waals surface area contributed by atoms with Gasteiger partial charge in [-0.05, 0) is 44.9 Å². The summed E-state index contributed by atoms with van der Waals surface area (Å²) >= 11 is 0. The monoisotopic (exact) mass is 477 g/mol. The fraction of sp³-hybridized carbons (Fsp3) is 0.455. The van der Waals surface area contributed by atoms with Crippen LogP contribution in [0, 0.1) is 11.8 Å². The zero-order chi connectivity index (χ0) is 24.5. The first-order chi connectivity index (χ1) is 15.4. The van der Waals surface area contributed by atoms with E-state index in [2.05, 4.69) is 5.32 Å². The Morgan fingerprint density at radius 1 is 1.09 bits per heavy atom. The highest BCUT2D eigenvalue weighted by Gasteiger charge is 2.50. The molecule has 1 N–H and O–H groups in total. The first kappa shape index (κ1) is 24.6. The minimum Gasteiger partial charge on any atom is -0.451 e. The number of sulfonamides is 1. The van der Waals surface area contributed by atoms with Crippen molar-refractivity contribution in [1.29, 1.82) is 0 Å². The Kier molecular flexibility index (Phi) is 7.03. The number of nitrogens with zero attached hydrogens (tertiary/aromatic N) is 2. The maximum Gasteiger partial charge on any atom is 0.329 e. The molecule has 4 atom stereocenters. The number of amides is 3. The molecule has 11 heteroatoms. The zero-order valence-electron chi connectivity index (χ0n) is 18.8. The van der Waals surface area contributed by atoms with Crippen LogP contribution in [-0.4, -0.2) is 67.6 Å². The van der Waals surface area contributed by atoms with Crippen LogP contribution in [-0.2, 0) is 33.9 Å². The Balaban J connectivity index is 1.64. The Bertz CT molecular complexity index is 1090. The van der Waals surface area contributed by atoms with Crippen LogP contribution in [0.1, 0.15) is 26.7 Å². The number of imide groups is 1. The standard InChI is InChI=1S/C22H27N3O7S/c1-13(25-20(27)17-10-5-6-11-18(17)21(25)28)22(29)32-14(2)19(26)23-15-8-7-9-16(12-15)33(30,31)24(3)4/h5-9,12-14,17-18H,10-11H2,1-4H3,(H,23,26)/t13-,14-,17-,18+/m0/s1. The largest absolute Gasteiger partial charge is 0.451 e. The Labute approximate surface area is 192 Å². The van der Waals surface area contributed by atoms with Gasteiger partial charge in [0.2, 0.25) is 21.8 Å². The van der Waals surface area contributed by atoms with Gasteiger partial charge in [0.25, 0.3) is 5.91 Å². The average molecular weight is 478 g/mol.